The highest BCUT2D eigenvalue weighted by Crippen LogP contribution is 2.43. The summed E-state index contributed by atoms with van der Waals surface area (Å²) < 4.78 is 26.9. The van der Waals surface area contributed by atoms with E-state index in [2.05, 4.69) is 17.1 Å². The van der Waals surface area contributed by atoms with Gasteiger partial charge < -0.3 is 4.90 Å². The summed E-state index contributed by atoms with van der Waals surface area (Å²) in [6.45, 7) is 4.13. The lowest BCUT2D eigenvalue weighted by molar-refractivity contribution is 0.156. The molecule has 1 aliphatic heterocycles. The molecule has 130 valence electrons. The van der Waals surface area contributed by atoms with E-state index in [0.717, 1.165) is 43.0 Å². The van der Waals surface area contributed by atoms with E-state index in [4.69, 9.17) is 0 Å². The van der Waals surface area contributed by atoms with Crippen LogP contribution in [0.15, 0.2) is 42.5 Å². The molecule has 4 nitrogen and oxygen atoms in total. The quantitative estimate of drug-likeness (QED) is 0.769. The first-order valence-electron chi connectivity index (χ1n) is 9.02. The zero-order valence-electron chi connectivity index (χ0n) is 14.0. The molecule has 2 bridgehead atoms. The summed E-state index contributed by atoms with van der Waals surface area (Å²) in [5.74, 6) is 2.49. The summed E-state index contributed by atoms with van der Waals surface area (Å²) in [7, 11) is -3.20. The van der Waals surface area contributed by atoms with E-state index >= 15 is 0 Å². The average molecular weight is 346 g/mol. The number of sulfonamides is 1. The van der Waals surface area contributed by atoms with Crippen LogP contribution in [0.4, 0.5) is 0 Å². The van der Waals surface area contributed by atoms with Crippen LogP contribution in [-0.4, -0.2) is 50.3 Å². The molecule has 24 heavy (non-hydrogen) atoms. The van der Waals surface area contributed by atoms with Gasteiger partial charge >= 0.3 is 0 Å². The second-order valence-electron chi connectivity index (χ2n) is 7.48. The van der Waals surface area contributed by atoms with Gasteiger partial charge in [0.05, 0.1) is 5.75 Å². The van der Waals surface area contributed by atoms with E-state index in [1.165, 1.54) is 12.8 Å². The Hall–Kier alpha value is -1.17. The first kappa shape index (κ1) is 16.3. The Morgan fingerprint density at radius 2 is 1.71 bits per heavy atom. The summed E-state index contributed by atoms with van der Waals surface area (Å²) >= 11 is 0. The predicted molar refractivity (Wildman–Crippen MR) is 95.9 cm³/mol. The van der Waals surface area contributed by atoms with E-state index in [9.17, 15) is 8.42 Å². The van der Waals surface area contributed by atoms with E-state index in [0.29, 0.717) is 13.1 Å². The number of piperazine rings is 1. The van der Waals surface area contributed by atoms with Crippen LogP contribution < -0.4 is 0 Å². The van der Waals surface area contributed by atoms with E-state index in [1.807, 2.05) is 30.3 Å². The van der Waals surface area contributed by atoms with Crippen molar-refractivity contribution >= 4 is 10.0 Å². The normalized spacial score (nSPS) is 30.9. The first-order valence-corrected chi connectivity index (χ1v) is 10.6. The molecule has 1 aromatic carbocycles. The smallest absolute Gasteiger partial charge is 0.218 e. The van der Waals surface area contributed by atoms with Crippen molar-refractivity contribution in [3.8, 4) is 0 Å². The van der Waals surface area contributed by atoms with E-state index < -0.39 is 10.0 Å². The largest absolute Gasteiger partial charge is 0.300 e. The Balaban J connectivity index is 1.30. The van der Waals surface area contributed by atoms with Crippen molar-refractivity contribution in [2.75, 3.05) is 32.7 Å². The number of benzene rings is 1. The Kier molecular flexibility index (Phi) is 4.50. The van der Waals surface area contributed by atoms with Gasteiger partial charge in [0.1, 0.15) is 0 Å². The van der Waals surface area contributed by atoms with Crippen LogP contribution in [0.5, 0.6) is 0 Å². The first-order chi connectivity index (χ1) is 11.6. The Morgan fingerprint density at radius 1 is 0.958 bits per heavy atom. The van der Waals surface area contributed by atoms with Crippen molar-refractivity contribution in [3.63, 3.8) is 0 Å². The highest BCUT2D eigenvalue weighted by atomic mass is 32.2. The molecule has 2 aliphatic carbocycles. The predicted octanol–water partition coefficient (Wildman–Crippen LogP) is 2.35. The lowest BCUT2D eigenvalue weighted by Gasteiger charge is -2.36. The van der Waals surface area contributed by atoms with Gasteiger partial charge in [0.15, 0.2) is 0 Å². The molecule has 0 radical (unpaired) electrons. The highest BCUT2D eigenvalue weighted by molar-refractivity contribution is 7.88. The van der Waals surface area contributed by atoms with E-state index in [-0.39, 0.29) is 5.75 Å². The molecule has 1 saturated carbocycles. The molecule has 1 aromatic rings. The summed E-state index contributed by atoms with van der Waals surface area (Å²) in [5.41, 5.74) is 0.869. The standard InChI is InChI=1S/C19H26N2O2S/c22-24(23,15-16-4-2-1-3-5-16)21-10-8-20(9-11-21)14-19-13-17-6-7-18(19)12-17/h1-7,17-19H,8-15H2/t17-,18-,19+/m1/s1. The molecular formula is C19H26N2O2S. The second kappa shape index (κ2) is 6.62. The van der Waals surface area contributed by atoms with Crippen LogP contribution in [0.1, 0.15) is 18.4 Å². The minimum Gasteiger partial charge on any atom is -0.300 e. The van der Waals surface area contributed by atoms with Crippen molar-refractivity contribution in [1.82, 2.24) is 9.21 Å². The Labute approximate surface area is 145 Å². The molecule has 4 rings (SSSR count). The van der Waals surface area contributed by atoms with E-state index in [1.54, 1.807) is 4.31 Å². The van der Waals surface area contributed by atoms with Crippen LogP contribution in [0.25, 0.3) is 0 Å². The molecule has 2 fully saturated rings. The summed E-state index contributed by atoms with van der Waals surface area (Å²) in [4.78, 5) is 2.47. The molecule has 0 spiro atoms. The highest BCUT2D eigenvalue weighted by Gasteiger charge is 2.37. The topological polar surface area (TPSA) is 40.6 Å². The average Bonchev–Trinajstić information content (AvgIpc) is 3.19. The van der Waals surface area contributed by atoms with Crippen molar-refractivity contribution in [3.05, 3.63) is 48.0 Å². The third kappa shape index (κ3) is 3.44. The third-order valence-corrected chi connectivity index (χ3v) is 7.68. The third-order valence-electron chi connectivity index (χ3n) is 5.83. The number of hydrogen-bond donors (Lipinski definition) is 0. The molecule has 1 saturated heterocycles. The zero-order valence-corrected chi connectivity index (χ0v) is 14.9. The lowest BCUT2D eigenvalue weighted by atomic mass is 9.93. The fourth-order valence-corrected chi connectivity index (χ4v) is 6.02. The van der Waals surface area contributed by atoms with Crippen LogP contribution in [-0.2, 0) is 15.8 Å². The monoisotopic (exact) mass is 346 g/mol. The minimum atomic E-state index is -3.20. The van der Waals surface area contributed by atoms with Gasteiger partial charge in [-0.25, -0.2) is 8.42 Å². The molecule has 0 aromatic heterocycles. The van der Waals surface area contributed by atoms with Crippen LogP contribution in [0, 0.1) is 17.8 Å². The van der Waals surface area contributed by atoms with Gasteiger partial charge in [-0.05, 0) is 36.2 Å². The van der Waals surface area contributed by atoms with Gasteiger partial charge in [-0.15, -0.1) is 0 Å². The Bertz CT molecular complexity index is 693. The van der Waals surface area contributed by atoms with Crippen molar-refractivity contribution in [2.45, 2.75) is 18.6 Å². The lowest BCUT2D eigenvalue weighted by Crippen LogP contribution is -2.50. The molecular weight excluding hydrogens is 320 g/mol. The zero-order chi connectivity index (χ0) is 16.6. The van der Waals surface area contributed by atoms with Crippen molar-refractivity contribution < 1.29 is 8.42 Å². The maximum Gasteiger partial charge on any atom is 0.218 e. The summed E-state index contributed by atoms with van der Waals surface area (Å²) in [6, 6.07) is 9.48. The molecule has 5 heteroatoms. The van der Waals surface area contributed by atoms with Gasteiger partial charge in [0, 0.05) is 32.7 Å². The maximum absolute atomic E-state index is 12.6. The molecule has 0 N–H and O–H groups in total. The van der Waals surface area contributed by atoms with Crippen LogP contribution in [0.3, 0.4) is 0 Å². The number of rotatable bonds is 5. The second-order valence-corrected chi connectivity index (χ2v) is 9.45. The molecule has 3 atom stereocenters. The van der Waals surface area contributed by atoms with Crippen LogP contribution >= 0.6 is 0 Å². The van der Waals surface area contributed by atoms with Crippen molar-refractivity contribution in [2.24, 2.45) is 17.8 Å². The number of hydrogen-bond acceptors (Lipinski definition) is 3. The number of fused-ring (bicyclic) bond motifs is 2. The van der Waals surface area contributed by atoms with Crippen LogP contribution in [0.2, 0.25) is 0 Å². The number of allylic oxidation sites excluding steroid dienone is 2. The van der Waals surface area contributed by atoms with Gasteiger partial charge in [-0.1, -0.05) is 42.5 Å². The SMILES string of the molecule is O=S(=O)(Cc1ccccc1)N1CCN(C[C@@H]2C[C@@H]3C=C[C@@H]2C3)CC1. The molecule has 0 amide bonds. The number of nitrogens with zero attached hydrogens (tertiary/aromatic N) is 2. The minimum absolute atomic E-state index is 0.116. The van der Waals surface area contributed by atoms with Gasteiger partial charge in [0.2, 0.25) is 10.0 Å². The summed E-state index contributed by atoms with van der Waals surface area (Å²) in [6.07, 6.45) is 7.46. The fraction of sp³-hybridized carbons (Fsp3) is 0.579. The maximum atomic E-state index is 12.6. The molecule has 0 unspecified atom stereocenters. The fourth-order valence-electron chi connectivity index (χ4n) is 4.50. The Morgan fingerprint density at radius 3 is 2.33 bits per heavy atom. The van der Waals surface area contributed by atoms with Gasteiger partial charge in [0.25, 0.3) is 0 Å². The van der Waals surface area contributed by atoms with Gasteiger partial charge in [-0.3, -0.25) is 0 Å². The molecule has 3 aliphatic rings. The molecule has 1 heterocycles. The summed E-state index contributed by atoms with van der Waals surface area (Å²) in [5, 5.41) is 0. The van der Waals surface area contributed by atoms with Crippen molar-refractivity contribution in [1.29, 1.82) is 0 Å². The van der Waals surface area contributed by atoms with Gasteiger partial charge in [-0.2, -0.15) is 4.31 Å².